The van der Waals surface area contributed by atoms with Gasteiger partial charge < -0.3 is 0 Å². The fraction of sp³-hybridized carbons (Fsp3) is 0.407. The second-order valence-electron chi connectivity index (χ2n) is 7.67. The molecule has 0 fully saturated rings. The van der Waals surface area contributed by atoms with Gasteiger partial charge in [-0.05, 0) is 106 Å². The molecule has 1 heteroatoms. The third-order valence-electron chi connectivity index (χ3n) is 5.98. The average Bonchev–Trinajstić information content (AvgIpc) is 2.67. The Labute approximate surface area is 172 Å². The highest BCUT2D eigenvalue weighted by atomic mass is 19.1. The quantitative estimate of drug-likeness (QED) is 0.416. The van der Waals surface area contributed by atoms with E-state index in [1.165, 1.54) is 16.7 Å². The van der Waals surface area contributed by atoms with Crippen LogP contribution in [0.5, 0.6) is 0 Å². The molecule has 152 valence electrons. The van der Waals surface area contributed by atoms with Crippen LogP contribution < -0.4 is 0 Å². The van der Waals surface area contributed by atoms with Crippen molar-refractivity contribution in [2.45, 2.75) is 75.2 Å². The van der Waals surface area contributed by atoms with Crippen LogP contribution in [0.15, 0.2) is 47.1 Å². The fourth-order valence-corrected chi connectivity index (χ4v) is 3.89. The van der Waals surface area contributed by atoms with Crippen LogP contribution in [0.25, 0.3) is 11.6 Å². The Hall–Kier alpha value is -2.15. The first kappa shape index (κ1) is 23.9. The molecule has 0 spiro atoms. The van der Waals surface area contributed by atoms with Gasteiger partial charge >= 0.3 is 0 Å². The third-order valence-corrected chi connectivity index (χ3v) is 5.98. The van der Waals surface area contributed by atoms with Crippen LogP contribution in [-0.2, 0) is 12.8 Å². The van der Waals surface area contributed by atoms with E-state index in [2.05, 4.69) is 67.7 Å². The maximum Gasteiger partial charge on any atom is 0.134 e. The molecule has 0 saturated heterocycles. The van der Waals surface area contributed by atoms with Crippen molar-refractivity contribution in [2.24, 2.45) is 0 Å². The largest absolute Gasteiger partial charge is 0.206 e. The summed E-state index contributed by atoms with van der Waals surface area (Å²) in [6.45, 7) is 27.0. The summed E-state index contributed by atoms with van der Waals surface area (Å²) in [4.78, 5) is 0. The van der Waals surface area contributed by atoms with Crippen molar-refractivity contribution < 1.29 is 4.39 Å². The van der Waals surface area contributed by atoms with E-state index in [1.54, 1.807) is 6.08 Å². The highest BCUT2D eigenvalue weighted by molar-refractivity contribution is 5.87. The Morgan fingerprint density at radius 3 is 1.89 bits per heavy atom. The summed E-state index contributed by atoms with van der Waals surface area (Å²) in [6, 6.07) is 0. The zero-order chi connectivity index (χ0) is 21.8. The highest BCUT2D eigenvalue weighted by Gasteiger charge is 2.24. The number of hydrogen-bond acceptors (Lipinski definition) is 0. The van der Waals surface area contributed by atoms with Crippen molar-refractivity contribution in [3.8, 4) is 0 Å². The molecule has 0 aliphatic heterocycles. The number of benzene rings is 1. The predicted molar refractivity (Wildman–Crippen MR) is 125 cm³/mol. The second kappa shape index (κ2) is 9.87. The molecule has 1 rings (SSSR count). The van der Waals surface area contributed by atoms with Crippen molar-refractivity contribution in [3.05, 3.63) is 80.7 Å². The van der Waals surface area contributed by atoms with E-state index < -0.39 is 0 Å². The van der Waals surface area contributed by atoms with Crippen molar-refractivity contribution in [1.29, 1.82) is 0 Å². The third kappa shape index (κ3) is 4.29. The van der Waals surface area contributed by atoms with Gasteiger partial charge in [0.25, 0.3) is 0 Å². The van der Waals surface area contributed by atoms with Gasteiger partial charge in [-0.1, -0.05) is 50.3 Å². The summed E-state index contributed by atoms with van der Waals surface area (Å²) in [5.74, 6) is -0.168. The lowest BCUT2D eigenvalue weighted by Gasteiger charge is -2.24. The van der Waals surface area contributed by atoms with E-state index in [-0.39, 0.29) is 5.82 Å². The molecule has 1 aromatic rings. The number of hydrogen-bond donors (Lipinski definition) is 0. The van der Waals surface area contributed by atoms with Crippen LogP contribution in [0.4, 0.5) is 4.39 Å². The van der Waals surface area contributed by atoms with Gasteiger partial charge in [0.2, 0.25) is 0 Å². The van der Waals surface area contributed by atoms with Crippen LogP contribution in [0.2, 0.25) is 0 Å². The van der Waals surface area contributed by atoms with Gasteiger partial charge in [0.1, 0.15) is 5.82 Å². The van der Waals surface area contributed by atoms with Gasteiger partial charge in [-0.25, -0.2) is 4.39 Å². The average molecular weight is 381 g/mol. The van der Waals surface area contributed by atoms with Gasteiger partial charge in [0, 0.05) is 5.56 Å². The lowest BCUT2D eigenvalue weighted by molar-refractivity contribution is 0.610. The standard InChI is InChI=1S/C27H37F/c1-12-17(7)19(9)25(18(8)16(5)6)21(11)26-24(15-4)23(14-3)22(13-2)20(10)27(26)28/h12-13H,2,11,14-15H2,1,3-10H3/b17-12-,25-19-. The minimum absolute atomic E-state index is 0.168. The van der Waals surface area contributed by atoms with Crippen LogP contribution in [-0.4, -0.2) is 0 Å². The topological polar surface area (TPSA) is 0 Å². The molecule has 0 N–H and O–H groups in total. The molecule has 0 aliphatic rings. The molecule has 0 atom stereocenters. The summed E-state index contributed by atoms with van der Waals surface area (Å²) >= 11 is 0. The van der Waals surface area contributed by atoms with Crippen molar-refractivity contribution in [1.82, 2.24) is 0 Å². The van der Waals surface area contributed by atoms with E-state index in [0.717, 1.165) is 46.3 Å². The zero-order valence-corrected chi connectivity index (χ0v) is 19.4. The molecule has 28 heavy (non-hydrogen) atoms. The molecule has 0 bridgehead atoms. The maximum absolute atomic E-state index is 15.7. The van der Waals surface area contributed by atoms with Crippen LogP contribution in [0.3, 0.4) is 0 Å². The SMILES string of the molecule is C=Cc1c(C)c(F)c(C(=C)/C(C(C)=C(C)C)=C(C)\C(C)=C/C)c(CC)c1CC. The predicted octanol–water partition coefficient (Wildman–Crippen LogP) is 8.55. The van der Waals surface area contributed by atoms with E-state index in [9.17, 15) is 0 Å². The normalized spacial score (nSPS) is 12.6. The Kier molecular flexibility index (Phi) is 8.42. The molecule has 0 aromatic heterocycles. The minimum atomic E-state index is -0.168. The fourth-order valence-electron chi connectivity index (χ4n) is 3.89. The molecule has 0 nitrogen and oxygen atoms in total. The van der Waals surface area contributed by atoms with Gasteiger partial charge in [-0.2, -0.15) is 0 Å². The summed E-state index contributed by atoms with van der Waals surface area (Å²) < 4.78 is 15.7. The first-order valence-corrected chi connectivity index (χ1v) is 10.2. The minimum Gasteiger partial charge on any atom is -0.206 e. The van der Waals surface area contributed by atoms with Gasteiger partial charge in [0.15, 0.2) is 0 Å². The number of allylic oxidation sites excluding steroid dienone is 7. The van der Waals surface area contributed by atoms with Gasteiger partial charge in [0.05, 0.1) is 0 Å². The molecule has 1 aromatic carbocycles. The molecule has 0 amide bonds. The Bertz CT molecular complexity index is 882. The summed E-state index contributed by atoms with van der Waals surface area (Å²) in [5, 5.41) is 0. The Balaban J connectivity index is 4.07. The Morgan fingerprint density at radius 1 is 0.964 bits per heavy atom. The maximum atomic E-state index is 15.7. The smallest absolute Gasteiger partial charge is 0.134 e. The van der Waals surface area contributed by atoms with E-state index in [0.29, 0.717) is 11.1 Å². The summed E-state index contributed by atoms with van der Waals surface area (Å²) in [5.41, 5.74) is 11.0. The first-order valence-electron chi connectivity index (χ1n) is 10.2. The zero-order valence-electron chi connectivity index (χ0n) is 19.4. The molecule has 0 radical (unpaired) electrons. The lowest BCUT2D eigenvalue weighted by atomic mass is 9.80. The molecular weight excluding hydrogens is 343 g/mol. The van der Waals surface area contributed by atoms with Crippen LogP contribution in [0, 0.1) is 12.7 Å². The molecule has 0 heterocycles. The summed E-state index contributed by atoms with van der Waals surface area (Å²) in [7, 11) is 0. The van der Waals surface area contributed by atoms with Crippen molar-refractivity contribution in [2.75, 3.05) is 0 Å². The van der Waals surface area contributed by atoms with E-state index in [4.69, 9.17) is 0 Å². The molecule has 0 unspecified atom stereocenters. The van der Waals surface area contributed by atoms with Crippen molar-refractivity contribution >= 4 is 11.6 Å². The highest BCUT2D eigenvalue weighted by Crippen LogP contribution is 2.39. The van der Waals surface area contributed by atoms with E-state index >= 15 is 4.39 Å². The van der Waals surface area contributed by atoms with E-state index in [1.807, 2.05) is 13.8 Å². The Morgan fingerprint density at radius 2 is 1.50 bits per heavy atom. The first-order chi connectivity index (χ1) is 13.1. The van der Waals surface area contributed by atoms with Gasteiger partial charge in [-0.15, -0.1) is 0 Å². The second-order valence-corrected chi connectivity index (χ2v) is 7.67. The molecule has 0 aliphatic carbocycles. The number of rotatable bonds is 7. The molecule has 0 saturated carbocycles. The van der Waals surface area contributed by atoms with Crippen LogP contribution >= 0.6 is 0 Å². The van der Waals surface area contributed by atoms with Gasteiger partial charge in [-0.3, -0.25) is 0 Å². The van der Waals surface area contributed by atoms with Crippen LogP contribution in [0.1, 0.15) is 83.2 Å². The summed E-state index contributed by atoms with van der Waals surface area (Å²) in [6.07, 6.45) is 5.50. The monoisotopic (exact) mass is 380 g/mol. The lowest BCUT2D eigenvalue weighted by Crippen LogP contribution is -2.10. The molecular formula is C27H37F. The number of halogens is 1. The van der Waals surface area contributed by atoms with Crippen molar-refractivity contribution in [3.63, 3.8) is 0 Å².